The van der Waals surface area contributed by atoms with Gasteiger partial charge in [-0.25, -0.2) is 4.79 Å². The van der Waals surface area contributed by atoms with Gasteiger partial charge >= 0.3 is 5.97 Å². The first-order valence-electron chi connectivity index (χ1n) is 7.22. The SMILES string of the molecule is CC1(CNc2ccc(C(=O)O)c3ccccc23)CCCO1. The molecule has 3 rings (SSSR count). The molecule has 1 fully saturated rings. The van der Waals surface area contributed by atoms with E-state index in [1.807, 2.05) is 30.3 Å². The van der Waals surface area contributed by atoms with Crippen LogP contribution in [-0.4, -0.2) is 29.8 Å². The van der Waals surface area contributed by atoms with E-state index in [0.29, 0.717) is 5.56 Å². The van der Waals surface area contributed by atoms with Gasteiger partial charge in [0, 0.05) is 24.2 Å². The van der Waals surface area contributed by atoms with Crippen molar-refractivity contribution in [2.24, 2.45) is 0 Å². The van der Waals surface area contributed by atoms with Crippen molar-refractivity contribution in [1.29, 1.82) is 0 Å². The molecular formula is C17H19NO3. The van der Waals surface area contributed by atoms with E-state index in [1.54, 1.807) is 6.07 Å². The number of anilines is 1. The van der Waals surface area contributed by atoms with Crippen LogP contribution < -0.4 is 5.32 Å². The van der Waals surface area contributed by atoms with Crippen molar-refractivity contribution in [2.45, 2.75) is 25.4 Å². The molecule has 0 spiro atoms. The minimum absolute atomic E-state index is 0.132. The van der Waals surface area contributed by atoms with Crippen molar-refractivity contribution < 1.29 is 14.6 Å². The highest BCUT2D eigenvalue weighted by atomic mass is 16.5. The summed E-state index contributed by atoms with van der Waals surface area (Å²) in [6.45, 7) is 3.65. The number of aromatic carboxylic acids is 1. The highest BCUT2D eigenvalue weighted by Gasteiger charge is 2.29. The first-order chi connectivity index (χ1) is 10.1. The van der Waals surface area contributed by atoms with Gasteiger partial charge in [0.05, 0.1) is 11.2 Å². The van der Waals surface area contributed by atoms with Crippen LogP contribution in [0.4, 0.5) is 5.69 Å². The summed E-state index contributed by atoms with van der Waals surface area (Å²) in [5.74, 6) is -0.899. The Morgan fingerprint density at radius 1 is 1.29 bits per heavy atom. The van der Waals surface area contributed by atoms with Gasteiger partial charge in [-0.3, -0.25) is 0 Å². The molecule has 0 amide bonds. The lowest BCUT2D eigenvalue weighted by Gasteiger charge is -2.24. The number of ether oxygens (including phenoxy) is 1. The lowest BCUT2D eigenvalue weighted by Crippen LogP contribution is -2.32. The van der Waals surface area contributed by atoms with E-state index in [9.17, 15) is 9.90 Å². The summed E-state index contributed by atoms with van der Waals surface area (Å²) in [6, 6.07) is 11.1. The van der Waals surface area contributed by atoms with E-state index in [4.69, 9.17) is 4.74 Å². The standard InChI is InChI=1S/C17H19NO3/c1-17(9-4-10-21-17)11-18-15-8-7-14(16(19)20)12-5-2-3-6-13(12)15/h2-3,5-8,18H,4,9-11H2,1H3,(H,19,20). The van der Waals surface area contributed by atoms with Crippen molar-refractivity contribution in [3.05, 3.63) is 42.0 Å². The van der Waals surface area contributed by atoms with Crippen LogP contribution in [0.15, 0.2) is 36.4 Å². The first kappa shape index (κ1) is 13.9. The molecule has 1 heterocycles. The molecule has 4 nitrogen and oxygen atoms in total. The summed E-state index contributed by atoms with van der Waals surface area (Å²) in [5.41, 5.74) is 1.15. The highest BCUT2D eigenvalue weighted by molar-refractivity contribution is 6.07. The van der Waals surface area contributed by atoms with Crippen LogP contribution in [0.3, 0.4) is 0 Å². The van der Waals surface area contributed by atoms with Gasteiger partial charge < -0.3 is 15.2 Å². The van der Waals surface area contributed by atoms with Gasteiger partial charge in [-0.15, -0.1) is 0 Å². The number of carboxylic acids is 1. The zero-order valence-corrected chi connectivity index (χ0v) is 12.1. The predicted molar refractivity (Wildman–Crippen MR) is 83.0 cm³/mol. The monoisotopic (exact) mass is 285 g/mol. The minimum atomic E-state index is -0.899. The van der Waals surface area contributed by atoms with Gasteiger partial charge in [-0.05, 0) is 37.3 Å². The molecule has 21 heavy (non-hydrogen) atoms. The molecule has 0 aliphatic carbocycles. The van der Waals surface area contributed by atoms with E-state index in [0.717, 1.165) is 42.5 Å². The third-order valence-electron chi connectivity index (χ3n) is 4.11. The summed E-state index contributed by atoms with van der Waals surface area (Å²) in [7, 11) is 0. The third kappa shape index (κ3) is 2.72. The number of nitrogens with one attached hydrogen (secondary N) is 1. The molecule has 2 aromatic rings. The van der Waals surface area contributed by atoms with Crippen molar-refractivity contribution in [1.82, 2.24) is 0 Å². The van der Waals surface area contributed by atoms with Crippen LogP contribution in [0, 0.1) is 0 Å². The van der Waals surface area contributed by atoms with E-state index in [2.05, 4.69) is 12.2 Å². The van der Waals surface area contributed by atoms with Crippen LogP contribution >= 0.6 is 0 Å². The molecule has 2 N–H and O–H groups in total. The topological polar surface area (TPSA) is 58.6 Å². The summed E-state index contributed by atoms with van der Waals surface area (Å²) >= 11 is 0. The Balaban J connectivity index is 1.92. The second-order valence-corrected chi connectivity index (χ2v) is 5.77. The minimum Gasteiger partial charge on any atom is -0.478 e. The summed E-state index contributed by atoms with van der Waals surface area (Å²) in [4.78, 5) is 11.3. The molecule has 110 valence electrons. The maximum absolute atomic E-state index is 11.3. The molecule has 0 bridgehead atoms. The predicted octanol–water partition coefficient (Wildman–Crippen LogP) is 3.52. The van der Waals surface area contributed by atoms with Gasteiger partial charge in [0.15, 0.2) is 0 Å². The molecule has 1 saturated heterocycles. The molecule has 1 aliphatic rings. The van der Waals surface area contributed by atoms with Crippen LogP contribution in [0.25, 0.3) is 10.8 Å². The maximum atomic E-state index is 11.3. The molecule has 1 aliphatic heterocycles. The molecule has 4 heteroatoms. The number of fused-ring (bicyclic) bond motifs is 1. The zero-order chi connectivity index (χ0) is 14.9. The van der Waals surface area contributed by atoms with Gasteiger partial charge in [-0.1, -0.05) is 24.3 Å². The van der Waals surface area contributed by atoms with Crippen molar-refractivity contribution >= 4 is 22.4 Å². The Morgan fingerprint density at radius 3 is 2.71 bits per heavy atom. The zero-order valence-electron chi connectivity index (χ0n) is 12.1. The fourth-order valence-corrected chi connectivity index (χ4v) is 2.90. The summed E-state index contributed by atoms with van der Waals surface area (Å²) in [5, 5.41) is 14.4. The van der Waals surface area contributed by atoms with Crippen LogP contribution in [0.5, 0.6) is 0 Å². The molecular weight excluding hydrogens is 266 g/mol. The maximum Gasteiger partial charge on any atom is 0.336 e. The smallest absolute Gasteiger partial charge is 0.336 e. The molecule has 0 radical (unpaired) electrons. The van der Waals surface area contributed by atoms with E-state index in [-0.39, 0.29) is 5.60 Å². The number of carboxylic acid groups (broad SMARTS) is 1. The molecule has 0 aromatic heterocycles. The second kappa shape index (κ2) is 5.37. The van der Waals surface area contributed by atoms with Crippen molar-refractivity contribution in [3.63, 3.8) is 0 Å². The van der Waals surface area contributed by atoms with Gasteiger partial charge in [-0.2, -0.15) is 0 Å². The number of benzene rings is 2. The Morgan fingerprint density at radius 2 is 2.05 bits per heavy atom. The van der Waals surface area contributed by atoms with E-state index < -0.39 is 5.97 Å². The Bertz CT molecular complexity index is 675. The average Bonchev–Trinajstić information content (AvgIpc) is 2.91. The largest absolute Gasteiger partial charge is 0.478 e. The fraction of sp³-hybridized carbons (Fsp3) is 0.353. The summed E-state index contributed by atoms with van der Waals surface area (Å²) in [6.07, 6.45) is 2.14. The van der Waals surface area contributed by atoms with Crippen LogP contribution in [0.2, 0.25) is 0 Å². The van der Waals surface area contributed by atoms with E-state index in [1.165, 1.54) is 0 Å². The third-order valence-corrected chi connectivity index (χ3v) is 4.11. The lowest BCUT2D eigenvalue weighted by atomic mass is 10.0. The first-order valence-corrected chi connectivity index (χ1v) is 7.22. The average molecular weight is 285 g/mol. The molecule has 0 saturated carbocycles. The fourth-order valence-electron chi connectivity index (χ4n) is 2.90. The van der Waals surface area contributed by atoms with Gasteiger partial charge in [0.25, 0.3) is 0 Å². The molecule has 2 aromatic carbocycles. The molecule has 1 atom stereocenters. The number of carbonyl (C=O) groups is 1. The second-order valence-electron chi connectivity index (χ2n) is 5.77. The number of hydrogen-bond donors (Lipinski definition) is 2. The van der Waals surface area contributed by atoms with E-state index >= 15 is 0 Å². The van der Waals surface area contributed by atoms with Crippen LogP contribution in [0.1, 0.15) is 30.1 Å². The van der Waals surface area contributed by atoms with Gasteiger partial charge in [0.2, 0.25) is 0 Å². The number of rotatable bonds is 4. The van der Waals surface area contributed by atoms with Gasteiger partial charge in [0.1, 0.15) is 0 Å². The Hall–Kier alpha value is -2.07. The highest BCUT2D eigenvalue weighted by Crippen LogP contribution is 2.29. The Kier molecular flexibility index (Phi) is 3.55. The lowest BCUT2D eigenvalue weighted by molar-refractivity contribution is 0.0315. The normalized spacial score (nSPS) is 21.6. The van der Waals surface area contributed by atoms with Crippen molar-refractivity contribution in [2.75, 3.05) is 18.5 Å². The van der Waals surface area contributed by atoms with Crippen LogP contribution in [-0.2, 0) is 4.74 Å². The summed E-state index contributed by atoms with van der Waals surface area (Å²) < 4.78 is 5.78. The van der Waals surface area contributed by atoms with Crippen molar-refractivity contribution in [3.8, 4) is 0 Å². The Labute approximate surface area is 123 Å². The quantitative estimate of drug-likeness (QED) is 0.902. The number of hydrogen-bond acceptors (Lipinski definition) is 3. The molecule has 1 unspecified atom stereocenters.